The Hall–Kier alpha value is -1.89. The van der Waals surface area contributed by atoms with Crippen molar-refractivity contribution in [3.8, 4) is 0 Å². The van der Waals surface area contributed by atoms with Crippen molar-refractivity contribution >= 4 is 11.9 Å². The molecule has 7 nitrogen and oxygen atoms in total. The van der Waals surface area contributed by atoms with Gasteiger partial charge in [0.25, 0.3) is 0 Å². The Bertz CT molecular complexity index is 408. The van der Waals surface area contributed by atoms with E-state index in [1.807, 2.05) is 0 Å². The SMILES string of the molecule is Cc1[nH]cnc1CC1(O)OC(=O)C(=O)O1. The van der Waals surface area contributed by atoms with Crippen LogP contribution in [0.4, 0.5) is 0 Å². The third kappa shape index (κ3) is 1.68. The number of aliphatic hydroxyl groups is 1. The van der Waals surface area contributed by atoms with Crippen molar-refractivity contribution in [3.05, 3.63) is 17.7 Å². The fourth-order valence-corrected chi connectivity index (χ4v) is 1.24. The molecule has 1 aliphatic heterocycles. The minimum absolute atomic E-state index is 0.195. The van der Waals surface area contributed by atoms with Crippen LogP contribution in [-0.2, 0) is 25.5 Å². The van der Waals surface area contributed by atoms with E-state index in [1.165, 1.54) is 6.33 Å². The van der Waals surface area contributed by atoms with Crippen molar-refractivity contribution in [2.45, 2.75) is 19.3 Å². The fraction of sp³-hybridized carbons (Fsp3) is 0.375. The lowest BCUT2D eigenvalue weighted by atomic mass is 10.2. The number of carbonyl (C=O) groups excluding carboxylic acids is 2. The number of hydrogen-bond acceptors (Lipinski definition) is 6. The highest BCUT2D eigenvalue weighted by atomic mass is 16.9. The number of carbonyl (C=O) groups is 2. The van der Waals surface area contributed by atoms with Gasteiger partial charge in [-0.2, -0.15) is 0 Å². The van der Waals surface area contributed by atoms with E-state index in [4.69, 9.17) is 0 Å². The summed E-state index contributed by atoms with van der Waals surface area (Å²) in [6, 6.07) is 0. The van der Waals surface area contributed by atoms with Crippen LogP contribution >= 0.6 is 0 Å². The van der Waals surface area contributed by atoms with E-state index in [9.17, 15) is 14.7 Å². The number of H-pyrrole nitrogens is 1. The molecule has 1 fully saturated rings. The molecule has 2 N–H and O–H groups in total. The van der Waals surface area contributed by atoms with Crippen LogP contribution in [0.5, 0.6) is 0 Å². The van der Waals surface area contributed by atoms with Crippen LogP contribution in [0.2, 0.25) is 0 Å². The highest BCUT2D eigenvalue weighted by Crippen LogP contribution is 2.22. The number of nitrogens with zero attached hydrogens (tertiary/aromatic N) is 1. The molecule has 0 aliphatic carbocycles. The average molecular weight is 212 g/mol. The number of esters is 2. The van der Waals surface area contributed by atoms with E-state index in [0.717, 1.165) is 0 Å². The van der Waals surface area contributed by atoms with E-state index in [0.29, 0.717) is 11.4 Å². The standard InChI is InChI=1S/C8H8N2O5/c1-4-5(10-3-9-4)2-8(13)14-6(11)7(12)15-8/h3,13H,2H2,1H3,(H,9,10). The van der Waals surface area contributed by atoms with E-state index >= 15 is 0 Å². The number of ether oxygens (including phenoxy) is 2. The van der Waals surface area contributed by atoms with Gasteiger partial charge in [-0.15, -0.1) is 0 Å². The highest BCUT2D eigenvalue weighted by molar-refractivity contribution is 6.31. The number of aromatic nitrogens is 2. The normalized spacial score (nSPS) is 18.8. The Balaban J connectivity index is 2.16. The molecule has 0 saturated carbocycles. The van der Waals surface area contributed by atoms with Crippen molar-refractivity contribution in [3.63, 3.8) is 0 Å². The Morgan fingerprint density at radius 2 is 2.07 bits per heavy atom. The summed E-state index contributed by atoms with van der Waals surface area (Å²) in [5.74, 6) is -4.63. The second-order valence-electron chi connectivity index (χ2n) is 3.14. The molecule has 1 aromatic heterocycles. The predicted molar refractivity (Wildman–Crippen MR) is 44.2 cm³/mol. The minimum Gasteiger partial charge on any atom is -0.389 e. The number of imidazole rings is 1. The quantitative estimate of drug-likeness (QED) is 0.482. The number of rotatable bonds is 2. The van der Waals surface area contributed by atoms with E-state index < -0.39 is 17.9 Å². The molecule has 2 heterocycles. The minimum atomic E-state index is -2.23. The molecular weight excluding hydrogens is 204 g/mol. The molecule has 1 aliphatic rings. The molecule has 80 valence electrons. The molecular formula is C8H8N2O5. The lowest BCUT2D eigenvalue weighted by Crippen LogP contribution is -2.33. The second-order valence-corrected chi connectivity index (χ2v) is 3.14. The zero-order valence-corrected chi connectivity index (χ0v) is 7.81. The maximum Gasteiger partial charge on any atom is 0.422 e. The smallest absolute Gasteiger partial charge is 0.389 e. The summed E-state index contributed by atoms with van der Waals surface area (Å²) in [6.45, 7) is 1.73. The van der Waals surface area contributed by atoms with Crippen LogP contribution < -0.4 is 0 Å². The van der Waals surface area contributed by atoms with Gasteiger partial charge in [-0.25, -0.2) is 14.6 Å². The third-order valence-electron chi connectivity index (χ3n) is 2.00. The Labute approximate surface area is 84.0 Å². The maximum atomic E-state index is 10.7. The van der Waals surface area contributed by atoms with E-state index in [2.05, 4.69) is 19.4 Å². The second kappa shape index (κ2) is 3.06. The fourth-order valence-electron chi connectivity index (χ4n) is 1.24. The molecule has 0 spiro atoms. The topological polar surface area (TPSA) is 102 Å². The van der Waals surface area contributed by atoms with E-state index in [-0.39, 0.29) is 6.42 Å². The predicted octanol–water partition coefficient (Wildman–Crippen LogP) is -0.993. The van der Waals surface area contributed by atoms with Gasteiger partial charge in [0.1, 0.15) is 0 Å². The van der Waals surface area contributed by atoms with Gasteiger partial charge >= 0.3 is 17.9 Å². The monoisotopic (exact) mass is 212 g/mol. The first-order chi connectivity index (χ1) is 7.00. The zero-order valence-electron chi connectivity index (χ0n) is 7.81. The Kier molecular flexibility index (Phi) is 1.97. The van der Waals surface area contributed by atoms with Gasteiger partial charge in [-0.3, -0.25) is 0 Å². The summed E-state index contributed by atoms with van der Waals surface area (Å²) in [6.07, 6.45) is 1.23. The van der Waals surface area contributed by atoms with E-state index in [1.54, 1.807) is 6.92 Å². The van der Waals surface area contributed by atoms with Crippen molar-refractivity contribution in [1.82, 2.24) is 9.97 Å². The van der Waals surface area contributed by atoms with Gasteiger partial charge in [0, 0.05) is 5.69 Å². The summed E-state index contributed by atoms with van der Waals surface area (Å²) in [4.78, 5) is 28.1. The van der Waals surface area contributed by atoms with Crippen molar-refractivity contribution in [2.75, 3.05) is 0 Å². The van der Waals surface area contributed by atoms with Crippen LogP contribution in [0.3, 0.4) is 0 Å². The number of hydrogen-bond donors (Lipinski definition) is 2. The number of aryl methyl sites for hydroxylation is 1. The lowest BCUT2D eigenvalue weighted by molar-refractivity contribution is -0.290. The Morgan fingerprint density at radius 3 is 2.53 bits per heavy atom. The number of nitrogens with one attached hydrogen (secondary N) is 1. The summed E-state index contributed by atoms with van der Waals surface area (Å²) >= 11 is 0. The molecule has 2 rings (SSSR count). The first kappa shape index (κ1) is 9.66. The molecule has 1 aromatic rings. The van der Waals surface area contributed by atoms with Gasteiger partial charge < -0.3 is 19.6 Å². The average Bonchev–Trinajstić information content (AvgIpc) is 2.60. The molecule has 0 bridgehead atoms. The van der Waals surface area contributed by atoms with Gasteiger partial charge in [0.05, 0.1) is 18.4 Å². The summed E-state index contributed by atoms with van der Waals surface area (Å²) < 4.78 is 8.76. The molecule has 0 amide bonds. The van der Waals surface area contributed by atoms with Crippen molar-refractivity contribution < 1.29 is 24.2 Å². The lowest BCUT2D eigenvalue weighted by Gasteiger charge is -2.16. The molecule has 0 unspecified atom stereocenters. The van der Waals surface area contributed by atoms with Gasteiger partial charge in [-0.1, -0.05) is 0 Å². The molecule has 0 aromatic carbocycles. The largest absolute Gasteiger partial charge is 0.422 e. The summed E-state index contributed by atoms with van der Waals surface area (Å²) in [5, 5.41) is 9.59. The Morgan fingerprint density at radius 1 is 1.47 bits per heavy atom. The molecule has 0 radical (unpaired) electrons. The molecule has 7 heteroatoms. The molecule has 15 heavy (non-hydrogen) atoms. The molecule has 1 saturated heterocycles. The number of cyclic esters (lactones) is 2. The zero-order chi connectivity index (χ0) is 11.1. The van der Waals surface area contributed by atoms with Crippen molar-refractivity contribution in [1.29, 1.82) is 0 Å². The maximum absolute atomic E-state index is 10.7. The third-order valence-corrected chi connectivity index (χ3v) is 2.00. The van der Waals surface area contributed by atoms with Crippen LogP contribution in [0.15, 0.2) is 6.33 Å². The van der Waals surface area contributed by atoms with Gasteiger partial charge in [0.2, 0.25) is 0 Å². The molecule has 0 atom stereocenters. The van der Waals surface area contributed by atoms with Crippen LogP contribution in [-0.4, -0.2) is 33.0 Å². The van der Waals surface area contributed by atoms with Gasteiger partial charge in [-0.05, 0) is 6.92 Å². The van der Waals surface area contributed by atoms with Crippen LogP contribution in [0, 0.1) is 6.92 Å². The number of aromatic amines is 1. The summed E-state index contributed by atoms with van der Waals surface area (Å²) in [5.41, 5.74) is 1.16. The van der Waals surface area contributed by atoms with Crippen molar-refractivity contribution in [2.24, 2.45) is 0 Å². The first-order valence-electron chi connectivity index (χ1n) is 4.18. The van der Waals surface area contributed by atoms with Crippen LogP contribution in [0.25, 0.3) is 0 Å². The van der Waals surface area contributed by atoms with Gasteiger partial charge in [0.15, 0.2) is 0 Å². The summed E-state index contributed by atoms with van der Waals surface area (Å²) in [7, 11) is 0. The van der Waals surface area contributed by atoms with Crippen LogP contribution in [0.1, 0.15) is 11.4 Å². The first-order valence-corrected chi connectivity index (χ1v) is 4.18. The highest BCUT2D eigenvalue weighted by Gasteiger charge is 2.48.